The number of H-pyrrole nitrogens is 1. The fraction of sp³-hybridized carbons (Fsp3) is 0. The smallest absolute Gasteiger partial charge is 0.272 e. The molecule has 3 aromatic rings. The molecule has 0 fully saturated rings. The van der Waals surface area contributed by atoms with Crippen molar-refractivity contribution in [1.82, 2.24) is 15.0 Å². The predicted molar refractivity (Wildman–Crippen MR) is 72.7 cm³/mol. The Morgan fingerprint density at radius 1 is 1.21 bits per heavy atom. The summed E-state index contributed by atoms with van der Waals surface area (Å²) in [7, 11) is 0. The number of aromatic amines is 1. The van der Waals surface area contributed by atoms with E-state index in [0.717, 1.165) is 10.9 Å². The molecule has 2 aromatic heterocycles. The number of aromatic nitrogens is 3. The van der Waals surface area contributed by atoms with E-state index in [0.29, 0.717) is 17.1 Å². The van der Waals surface area contributed by atoms with E-state index < -0.39 is 0 Å². The summed E-state index contributed by atoms with van der Waals surface area (Å²) >= 11 is 0. The highest BCUT2D eigenvalue weighted by Gasteiger charge is 2.10. The van der Waals surface area contributed by atoms with E-state index in [-0.39, 0.29) is 5.91 Å². The van der Waals surface area contributed by atoms with E-state index >= 15 is 0 Å². The summed E-state index contributed by atoms with van der Waals surface area (Å²) in [5.41, 5.74) is 8.24. The number of nitrogens with two attached hydrogens (primary N) is 1. The maximum Gasteiger partial charge on any atom is 0.272 e. The molecular formula is C13H11N5O. The van der Waals surface area contributed by atoms with Gasteiger partial charge in [-0.25, -0.2) is 9.97 Å². The maximum atomic E-state index is 12.0. The first-order valence-corrected chi connectivity index (χ1v) is 5.67. The Morgan fingerprint density at radius 2 is 2.00 bits per heavy atom. The molecule has 0 aliphatic heterocycles. The van der Waals surface area contributed by atoms with Gasteiger partial charge in [-0.05, 0) is 24.3 Å². The van der Waals surface area contributed by atoms with Crippen LogP contribution in [0.5, 0.6) is 0 Å². The van der Waals surface area contributed by atoms with Gasteiger partial charge in [-0.2, -0.15) is 0 Å². The van der Waals surface area contributed by atoms with Gasteiger partial charge >= 0.3 is 0 Å². The molecule has 0 spiro atoms. The van der Waals surface area contributed by atoms with Crippen LogP contribution < -0.4 is 11.1 Å². The molecule has 1 aromatic carbocycles. The van der Waals surface area contributed by atoms with Crippen LogP contribution in [0.4, 0.5) is 11.4 Å². The zero-order valence-electron chi connectivity index (χ0n) is 9.92. The molecule has 0 saturated heterocycles. The van der Waals surface area contributed by atoms with Crippen LogP contribution in [-0.4, -0.2) is 20.9 Å². The van der Waals surface area contributed by atoms with Crippen LogP contribution in [0.2, 0.25) is 0 Å². The van der Waals surface area contributed by atoms with Gasteiger partial charge in [-0.1, -0.05) is 0 Å². The van der Waals surface area contributed by atoms with Gasteiger partial charge in [-0.3, -0.25) is 4.79 Å². The lowest BCUT2D eigenvalue weighted by atomic mass is 10.2. The van der Waals surface area contributed by atoms with E-state index in [9.17, 15) is 4.79 Å². The summed E-state index contributed by atoms with van der Waals surface area (Å²) in [6.07, 6.45) is 4.47. The van der Waals surface area contributed by atoms with E-state index in [1.807, 2.05) is 12.1 Å². The second-order valence-corrected chi connectivity index (χ2v) is 4.11. The number of carbonyl (C=O) groups excluding carboxylic acids is 1. The highest BCUT2D eigenvalue weighted by Crippen LogP contribution is 2.19. The molecule has 3 rings (SSSR count). The lowest BCUT2D eigenvalue weighted by Crippen LogP contribution is -2.12. The van der Waals surface area contributed by atoms with Gasteiger partial charge in [0.2, 0.25) is 0 Å². The van der Waals surface area contributed by atoms with Gasteiger partial charge in [-0.15, -0.1) is 0 Å². The van der Waals surface area contributed by atoms with E-state index in [2.05, 4.69) is 20.3 Å². The fourth-order valence-electron chi connectivity index (χ4n) is 1.84. The van der Waals surface area contributed by atoms with Crippen molar-refractivity contribution < 1.29 is 4.79 Å². The molecule has 6 heteroatoms. The Kier molecular flexibility index (Phi) is 2.60. The average Bonchev–Trinajstić information content (AvgIpc) is 2.83. The van der Waals surface area contributed by atoms with Crippen molar-refractivity contribution in [3.05, 3.63) is 48.7 Å². The molecule has 0 saturated carbocycles. The van der Waals surface area contributed by atoms with Gasteiger partial charge in [0.15, 0.2) is 0 Å². The molecule has 0 unspecified atom stereocenters. The summed E-state index contributed by atoms with van der Waals surface area (Å²) < 4.78 is 0. The van der Waals surface area contributed by atoms with Crippen molar-refractivity contribution in [3.63, 3.8) is 0 Å². The molecule has 94 valence electrons. The Morgan fingerprint density at radius 3 is 2.79 bits per heavy atom. The van der Waals surface area contributed by atoms with Crippen molar-refractivity contribution in [2.75, 3.05) is 11.1 Å². The quantitative estimate of drug-likeness (QED) is 0.606. The molecule has 6 nitrogen and oxygen atoms in total. The molecule has 0 aliphatic carbocycles. The highest BCUT2D eigenvalue weighted by molar-refractivity contribution is 6.06. The van der Waals surface area contributed by atoms with Crippen molar-refractivity contribution >= 4 is 28.2 Å². The minimum Gasteiger partial charge on any atom is -0.399 e. The van der Waals surface area contributed by atoms with Crippen LogP contribution in [-0.2, 0) is 0 Å². The van der Waals surface area contributed by atoms with E-state index in [1.54, 1.807) is 12.1 Å². The van der Waals surface area contributed by atoms with Crippen LogP contribution in [0.3, 0.4) is 0 Å². The minimum absolute atomic E-state index is 0.246. The van der Waals surface area contributed by atoms with Crippen LogP contribution in [0.1, 0.15) is 10.5 Å². The van der Waals surface area contributed by atoms with Gasteiger partial charge in [0.25, 0.3) is 5.91 Å². The molecular weight excluding hydrogens is 242 g/mol. The molecule has 0 atom stereocenters. The minimum atomic E-state index is -0.246. The zero-order chi connectivity index (χ0) is 13.2. The number of nitrogens with zero attached hydrogens (tertiary/aromatic N) is 2. The van der Waals surface area contributed by atoms with Gasteiger partial charge < -0.3 is 16.0 Å². The van der Waals surface area contributed by atoms with Crippen LogP contribution in [0.25, 0.3) is 10.9 Å². The van der Waals surface area contributed by atoms with Crippen molar-refractivity contribution in [2.45, 2.75) is 0 Å². The van der Waals surface area contributed by atoms with Gasteiger partial charge in [0, 0.05) is 16.6 Å². The molecule has 19 heavy (non-hydrogen) atoms. The summed E-state index contributed by atoms with van der Waals surface area (Å²) in [6, 6.07) is 7.19. The standard InChI is InChI=1S/C13H11N5O/c14-9-1-2-11-8(3-9)4-12(18-11)13(19)17-10-5-15-7-16-6-10/h1-7,18H,14H2,(H,17,19). The zero-order valence-corrected chi connectivity index (χ0v) is 9.92. The van der Waals surface area contributed by atoms with Crippen LogP contribution in [0.15, 0.2) is 43.0 Å². The summed E-state index contributed by atoms with van der Waals surface area (Å²) in [6.45, 7) is 0. The molecule has 0 radical (unpaired) electrons. The number of benzene rings is 1. The monoisotopic (exact) mass is 253 g/mol. The predicted octanol–water partition coefficient (Wildman–Crippen LogP) is 1.79. The lowest BCUT2D eigenvalue weighted by Gasteiger charge is -2.01. The van der Waals surface area contributed by atoms with Gasteiger partial charge in [0.1, 0.15) is 12.0 Å². The average molecular weight is 253 g/mol. The third kappa shape index (κ3) is 2.23. The normalized spacial score (nSPS) is 10.5. The Bertz CT molecular complexity index is 735. The summed E-state index contributed by atoms with van der Waals surface area (Å²) in [4.78, 5) is 22.7. The number of carbonyl (C=O) groups is 1. The maximum absolute atomic E-state index is 12.0. The number of nitrogens with one attached hydrogen (secondary N) is 2. The molecule has 4 N–H and O–H groups in total. The van der Waals surface area contributed by atoms with Crippen molar-refractivity contribution in [2.24, 2.45) is 0 Å². The second kappa shape index (κ2) is 4.41. The molecule has 2 heterocycles. The number of fused-ring (bicyclic) bond motifs is 1. The lowest BCUT2D eigenvalue weighted by molar-refractivity contribution is 0.102. The van der Waals surface area contributed by atoms with Crippen LogP contribution >= 0.6 is 0 Å². The third-order valence-corrected chi connectivity index (χ3v) is 2.71. The molecule has 0 bridgehead atoms. The first-order chi connectivity index (χ1) is 9.22. The van der Waals surface area contributed by atoms with Crippen molar-refractivity contribution in [3.8, 4) is 0 Å². The number of amides is 1. The highest BCUT2D eigenvalue weighted by atomic mass is 16.1. The van der Waals surface area contributed by atoms with Gasteiger partial charge in [0.05, 0.1) is 18.1 Å². The first-order valence-electron chi connectivity index (χ1n) is 5.67. The van der Waals surface area contributed by atoms with E-state index in [4.69, 9.17) is 5.73 Å². The summed E-state index contributed by atoms with van der Waals surface area (Å²) in [5, 5.41) is 3.60. The van der Waals surface area contributed by atoms with Crippen LogP contribution in [0, 0.1) is 0 Å². The number of hydrogen-bond donors (Lipinski definition) is 3. The Hall–Kier alpha value is -2.89. The SMILES string of the molecule is Nc1ccc2[nH]c(C(=O)Nc3cncnc3)cc2c1. The van der Waals surface area contributed by atoms with Crippen molar-refractivity contribution in [1.29, 1.82) is 0 Å². The number of rotatable bonds is 2. The molecule has 0 aliphatic rings. The third-order valence-electron chi connectivity index (χ3n) is 2.71. The first kappa shape index (κ1) is 11.2. The Labute approximate surface area is 108 Å². The molecule has 1 amide bonds. The fourth-order valence-corrected chi connectivity index (χ4v) is 1.84. The second-order valence-electron chi connectivity index (χ2n) is 4.11. The number of hydrogen-bond acceptors (Lipinski definition) is 4. The van der Waals surface area contributed by atoms with E-state index in [1.165, 1.54) is 18.7 Å². The Balaban J connectivity index is 1.89. The topological polar surface area (TPSA) is 96.7 Å². The largest absolute Gasteiger partial charge is 0.399 e. The number of nitrogen functional groups attached to an aromatic ring is 1. The number of anilines is 2. The summed E-state index contributed by atoms with van der Waals surface area (Å²) in [5.74, 6) is -0.246.